The maximum Gasteiger partial charge on any atom is 0.159 e. The minimum absolute atomic E-state index is 0. The van der Waals surface area contributed by atoms with Crippen molar-refractivity contribution in [3.8, 4) is 17.2 Å². The molecule has 3 N–H and O–H groups in total. The number of phenolic OH excluding ortho intramolecular Hbond substituents is 3. The number of aromatic hydroxyl groups is 3. The summed E-state index contributed by atoms with van der Waals surface area (Å²) in [6.07, 6.45) is 1.91. The number of para-hydroxylation sites is 1. The minimum atomic E-state index is -0.0934. The fraction of sp³-hybridized carbons (Fsp3) is 0.333. The molecule has 1 atom stereocenters. The highest BCUT2D eigenvalue weighted by Crippen LogP contribution is 2.33. The smallest absolute Gasteiger partial charge is 0.159 e. The molecule has 124 valence electrons. The Labute approximate surface area is 146 Å². The van der Waals surface area contributed by atoms with Crippen LogP contribution in [0.4, 0.5) is 5.69 Å². The summed E-state index contributed by atoms with van der Waals surface area (Å²) in [5.74, 6) is 0.702. The van der Waals surface area contributed by atoms with E-state index in [9.17, 15) is 15.3 Å². The third-order valence-electron chi connectivity index (χ3n) is 4.44. The topological polar surface area (TPSA) is 63.9 Å². The molecule has 1 saturated heterocycles. The molecule has 0 saturated carbocycles. The zero-order chi connectivity index (χ0) is 15.7. The lowest BCUT2D eigenvalue weighted by Gasteiger charge is -2.19. The maximum absolute atomic E-state index is 10.1. The van der Waals surface area contributed by atoms with Crippen LogP contribution in [-0.4, -0.2) is 28.4 Å². The van der Waals surface area contributed by atoms with E-state index >= 15 is 0 Å². The van der Waals surface area contributed by atoms with Crippen LogP contribution >= 0.6 is 17.0 Å². The van der Waals surface area contributed by atoms with Crippen LogP contribution in [0.25, 0.3) is 0 Å². The number of phenols is 3. The van der Waals surface area contributed by atoms with Gasteiger partial charge in [-0.3, -0.25) is 0 Å². The third-order valence-corrected chi connectivity index (χ3v) is 4.44. The molecule has 1 heterocycles. The van der Waals surface area contributed by atoms with Crippen molar-refractivity contribution in [1.82, 2.24) is 0 Å². The molecule has 5 heteroatoms. The summed E-state index contributed by atoms with van der Waals surface area (Å²) in [6, 6.07) is 10.8. The first kappa shape index (κ1) is 17.5. The van der Waals surface area contributed by atoms with Crippen molar-refractivity contribution in [3.05, 3.63) is 47.5 Å². The maximum atomic E-state index is 10.1. The van der Waals surface area contributed by atoms with E-state index < -0.39 is 0 Å². The summed E-state index contributed by atoms with van der Waals surface area (Å²) >= 11 is 0. The summed E-state index contributed by atoms with van der Waals surface area (Å²) in [6.45, 7) is 3.72. The van der Waals surface area contributed by atoms with Crippen LogP contribution in [0.5, 0.6) is 17.2 Å². The van der Waals surface area contributed by atoms with Crippen molar-refractivity contribution in [3.63, 3.8) is 0 Å². The molecule has 0 radical (unpaired) electrons. The van der Waals surface area contributed by atoms with E-state index in [1.165, 1.54) is 6.07 Å². The summed E-state index contributed by atoms with van der Waals surface area (Å²) in [5.41, 5.74) is 2.84. The van der Waals surface area contributed by atoms with Gasteiger partial charge in [0.1, 0.15) is 5.75 Å². The van der Waals surface area contributed by atoms with E-state index in [-0.39, 0.29) is 28.5 Å². The van der Waals surface area contributed by atoms with Gasteiger partial charge in [-0.1, -0.05) is 18.2 Å². The zero-order valence-corrected chi connectivity index (χ0v) is 14.8. The molecule has 0 aromatic heterocycles. The van der Waals surface area contributed by atoms with Gasteiger partial charge in [-0.05, 0) is 48.9 Å². The number of nitrogens with zero attached hydrogens (tertiary/aromatic N) is 1. The van der Waals surface area contributed by atoms with Gasteiger partial charge in [-0.15, -0.1) is 17.0 Å². The molecule has 23 heavy (non-hydrogen) atoms. The average Bonchev–Trinajstić information content (AvgIpc) is 2.95. The quantitative estimate of drug-likeness (QED) is 0.710. The Balaban J connectivity index is 0.00000192. The fourth-order valence-corrected chi connectivity index (χ4v) is 3.14. The van der Waals surface area contributed by atoms with E-state index in [0.29, 0.717) is 11.7 Å². The van der Waals surface area contributed by atoms with E-state index in [1.807, 2.05) is 31.2 Å². The molecule has 2 aromatic rings. The van der Waals surface area contributed by atoms with Crippen molar-refractivity contribution in [1.29, 1.82) is 0 Å². The zero-order valence-electron chi connectivity index (χ0n) is 13.1. The Kier molecular flexibility index (Phi) is 5.42. The lowest BCUT2D eigenvalue weighted by Crippen LogP contribution is -2.20. The summed E-state index contributed by atoms with van der Waals surface area (Å²) in [5, 5.41) is 29.1. The molecule has 0 bridgehead atoms. The molecule has 2 aromatic carbocycles. The largest absolute Gasteiger partial charge is 0.507 e. The Bertz CT molecular complexity index is 690. The number of rotatable bonds is 3. The number of hydrogen-bond acceptors (Lipinski definition) is 4. The highest BCUT2D eigenvalue weighted by atomic mass is 79.9. The molecule has 0 aliphatic carbocycles. The van der Waals surface area contributed by atoms with Gasteiger partial charge in [0.25, 0.3) is 0 Å². The second-order valence-corrected chi connectivity index (χ2v) is 6.06. The number of halogens is 1. The first-order valence-electron chi connectivity index (χ1n) is 7.59. The molecular weight excluding hydrogens is 358 g/mol. The number of hydrogen-bond donors (Lipinski definition) is 3. The second kappa shape index (κ2) is 7.13. The standard InChI is InChI=1S/C18H21NO3.BrH/c1-12-3-2-4-14(18(12)22)9-13-7-8-19(11-13)15-5-6-16(20)17(21)10-15;/h2-6,10,13,20-22H,7-9,11H2,1H3;1H. The van der Waals surface area contributed by atoms with Gasteiger partial charge in [-0.2, -0.15) is 0 Å². The van der Waals surface area contributed by atoms with Gasteiger partial charge in [-0.25, -0.2) is 0 Å². The van der Waals surface area contributed by atoms with Crippen LogP contribution in [0.2, 0.25) is 0 Å². The molecule has 3 rings (SSSR count). The van der Waals surface area contributed by atoms with E-state index in [0.717, 1.165) is 42.7 Å². The lowest BCUT2D eigenvalue weighted by molar-refractivity contribution is 0.404. The van der Waals surface area contributed by atoms with Crippen molar-refractivity contribution in [2.24, 2.45) is 5.92 Å². The molecule has 1 aliphatic heterocycles. The third kappa shape index (κ3) is 3.72. The summed E-state index contributed by atoms with van der Waals surface area (Å²) in [7, 11) is 0. The molecule has 1 aliphatic rings. The lowest BCUT2D eigenvalue weighted by atomic mass is 9.96. The monoisotopic (exact) mass is 379 g/mol. The van der Waals surface area contributed by atoms with E-state index in [4.69, 9.17) is 0 Å². The summed E-state index contributed by atoms with van der Waals surface area (Å²) in [4.78, 5) is 2.21. The highest BCUT2D eigenvalue weighted by Gasteiger charge is 2.24. The predicted octanol–water partition coefficient (Wildman–Crippen LogP) is 3.76. The number of anilines is 1. The SMILES string of the molecule is Br.Cc1cccc(CC2CCN(c3ccc(O)c(O)c3)C2)c1O. The first-order valence-corrected chi connectivity index (χ1v) is 7.59. The number of aryl methyl sites for hydroxylation is 1. The second-order valence-electron chi connectivity index (χ2n) is 6.06. The Morgan fingerprint density at radius 1 is 1.09 bits per heavy atom. The average molecular weight is 380 g/mol. The van der Waals surface area contributed by atoms with E-state index in [1.54, 1.807) is 6.07 Å². The van der Waals surface area contributed by atoms with Crippen LogP contribution in [0, 0.1) is 12.8 Å². The summed E-state index contributed by atoms with van der Waals surface area (Å²) < 4.78 is 0. The molecule has 0 amide bonds. The van der Waals surface area contributed by atoms with Crippen LogP contribution in [0.3, 0.4) is 0 Å². The van der Waals surface area contributed by atoms with Crippen LogP contribution < -0.4 is 4.90 Å². The van der Waals surface area contributed by atoms with E-state index in [2.05, 4.69) is 4.90 Å². The molecule has 1 unspecified atom stereocenters. The normalized spacial score (nSPS) is 17.1. The molecular formula is C18H22BrNO3. The van der Waals surface area contributed by atoms with Crippen molar-refractivity contribution < 1.29 is 15.3 Å². The van der Waals surface area contributed by atoms with Gasteiger partial charge in [0.15, 0.2) is 11.5 Å². The van der Waals surface area contributed by atoms with Gasteiger partial charge in [0, 0.05) is 24.8 Å². The Morgan fingerprint density at radius 2 is 1.87 bits per heavy atom. The van der Waals surface area contributed by atoms with Gasteiger partial charge in [0.05, 0.1) is 0 Å². The van der Waals surface area contributed by atoms with Crippen LogP contribution in [0.15, 0.2) is 36.4 Å². The van der Waals surface area contributed by atoms with Gasteiger partial charge in [0.2, 0.25) is 0 Å². The van der Waals surface area contributed by atoms with Crippen LogP contribution in [-0.2, 0) is 6.42 Å². The van der Waals surface area contributed by atoms with Gasteiger partial charge < -0.3 is 20.2 Å². The fourth-order valence-electron chi connectivity index (χ4n) is 3.14. The van der Waals surface area contributed by atoms with Gasteiger partial charge >= 0.3 is 0 Å². The number of benzene rings is 2. The van der Waals surface area contributed by atoms with Crippen LogP contribution in [0.1, 0.15) is 17.5 Å². The van der Waals surface area contributed by atoms with Crippen molar-refractivity contribution >= 4 is 22.7 Å². The van der Waals surface area contributed by atoms with Crippen molar-refractivity contribution in [2.75, 3.05) is 18.0 Å². The Morgan fingerprint density at radius 3 is 2.61 bits per heavy atom. The Hall–Kier alpha value is -1.88. The molecule has 4 nitrogen and oxygen atoms in total. The minimum Gasteiger partial charge on any atom is -0.507 e. The predicted molar refractivity (Wildman–Crippen MR) is 97.0 cm³/mol. The molecule has 0 spiro atoms. The first-order chi connectivity index (χ1) is 10.5. The molecule has 1 fully saturated rings. The highest BCUT2D eigenvalue weighted by molar-refractivity contribution is 8.93. The van der Waals surface area contributed by atoms with Crippen molar-refractivity contribution in [2.45, 2.75) is 19.8 Å².